The molecule has 1 aromatic carbocycles. The van der Waals surface area contributed by atoms with Gasteiger partial charge in [0.2, 0.25) is 5.91 Å². The lowest BCUT2D eigenvalue weighted by Gasteiger charge is -2.10. The summed E-state index contributed by atoms with van der Waals surface area (Å²) in [6, 6.07) is 7.63. The third-order valence-electron chi connectivity index (χ3n) is 2.46. The van der Waals surface area contributed by atoms with E-state index in [9.17, 15) is 9.18 Å². The molecule has 104 valence electrons. The summed E-state index contributed by atoms with van der Waals surface area (Å²) in [5, 5.41) is 2.69. The van der Waals surface area contributed by atoms with Crippen LogP contribution in [0.25, 0.3) is 0 Å². The molecule has 0 radical (unpaired) electrons. The fourth-order valence-electron chi connectivity index (χ4n) is 1.54. The van der Waals surface area contributed by atoms with Crippen molar-refractivity contribution in [2.24, 2.45) is 0 Å². The van der Waals surface area contributed by atoms with E-state index < -0.39 is 5.82 Å². The maximum absolute atomic E-state index is 13.0. The van der Waals surface area contributed by atoms with E-state index in [2.05, 4.69) is 10.3 Å². The highest BCUT2D eigenvalue weighted by Gasteiger charge is 2.09. The number of carbonyl (C=O) groups excluding carboxylic acids is 1. The lowest BCUT2D eigenvalue weighted by atomic mass is 10.3. The second kappa shape index (κ2) is 6.91. The van der Waals surface area contributed by atoms with Crippen molar-refractivity contribution in [3.05, 3.63) is 48.5 Å². The van der Waals surface area contributed by atoms with E-state index in [4.69, 9.17) is 4.74 Å². The van der Waals surface area contributed by atoms with E-state index in [1.54, 1.807) is 12.4 Å². The van der Waals surface area contributed by atoms with Crippen LogP contribution >= 0.6 is 11.8 Å². The number of amides is 1. The summed E-state index contributed by atoms with van der Waals surface area (Å²) in [5.41, 5.74) is 0.453. The van der Waals surface area contributed by atoms with Crippen LogP contribution in [-0.2, 0) is 4.79 Å². The van der Waals surface area contributed by atoms with Gasteiger partial charge < -0.3 is 10.1 Å². The number of nitrogens with zero attached hydrogens (tertiary/aromatic N) is 1. The van der Waals surface area contributed by atoms with Crippen LogP contribution in [0.4, 0.5) is 10.1 Å². The standard InChI is InChI=1S/C14H13FN2O2S/c1-19-13-8-10(15)2-3-12(13)17-14(18)9-20-11-4-6-16-7-5-11/h2-8H,9H2,1H3,(H,17,18). The van der Waals surface area contributed by atoms with E-state index in [0.717, 1.165) is 4.90 Å². The molecule has 0 spiro atoms. The van der Waals surface area contributed by atoms with E-state index in [-0.39, 0.29) is 11.7 Å². The smallest absolute Gasteiger partial charge is 0.234 e. The Morgan fingerprint density at radius 2 is 2.10 bits per heavy atom. The van der Waals surface area contributed by atoms with Crippen molar-refractivity contribution in [2.75, 3.05) is 18.2 Å². The fourth-order valence-corrected chi connectivity index (χ4v) is 2.22. The van der Waals surface area contributed by atoms with Crippen LogP contribution in [0.3, 0.4) is 0 Å². The molecule has 0 fully saturated rings. The largest absolute Gasteiger partial charge is 0.494 e. The number of carbonyl (C=O) groups is 1. The summed E-state index contributed by atoms with van der Waals surface area (Å²) in [6.45, 7) is 0. The molecule has 0 saturated heterocycles. The van der Waals surface area contributed by atoms with Gasteiger partial charge in [0.25, 0.3) is 0 Å². The number of ether oxygens (including phenoxy) is 1. The summed E-state index contributed by atoms with van der Waals surface area (Å²) in [6.07, 6.45) is 3.34. The molecule has 1 N–H and O–H groups in total. The molecule has 0 bridgehead atoms. The minimum atomic E-state index is -0.411. The van der Waals surface area contributed by atoms with Gasteiger partial charge in [0.15, 0.2) is 0 Å². The quantitative estimate of drug-likeness (QED) is 0.861. The first-order chi connectivity index (χ1) is 9.69. The number of halogens is 1. The number of hydrogen-bond donors (Lipinski definition) is 1. The number of rotatable bonds is 5. The van der Waals surface area contributed by atoms with E-state index in [1.807, 2.05) is 12.1 Å². The van der Waals surface area contributed by atoms with Crippen LogP contribution in [0.5, 0.6) is 5.75 Å². The van der Waals surface area contributed by atoms with Gasteiger partial charge in [-0.1, -0.05) is 0 Å². The average molecular weight is 292 g/mol. The second-order valence-corrected chi connectivity index (χ2v) is 4.91. The molecule has 4 nitrogen and oxygen atoms in total. The summed E-state index contributed by atoms with van der Waals surface area (Å²) in [4.78, 5) is 16.7. The molecule has 1 amide bonds. The predicted octanol–water partition coefficient (Wildman–Crippen LogP) is 2.96. The summed E-state index contributed by atoms with van der Waals surface area (Å²) in [7, 11) is 1.43. The number of hydrogen-bond acceptors (Lipinski definition) is 4. The van der Waals surface area contributed by atoms with E-state index in [0.29, 0.717) is 11.4 Å². The Morgan fingerprint density at radius 3 is 2.80 bits per heavy atom. The van der Waals surface area contributed by atoms with E-state index in [1.165, 1.54) is 37.1 Å². The molecule has 0 unspecified atom stereocenters. The van der Waals surface area contributed by atoms with Crippen LogP contribution in [0.15, 0.2) is 47.6 Å². The van der Waals surface area contributed by atoms with Crippen molar-refractivity contribution in [1.29, 1.82) is 0 Å². The van der Waals surface area contributed by atoms with E-state index >= 15 is 0 Å². The Balaban J connectivity index is 1.95. The maximum Gasteiger partial charge on any atom is 0.234 e. The topological polar surface area (TPSA) is 51.2 Å². The Labute approximate surface area is 120 Å². The zero-order valence-electron chi connectivity index (χ0n) is 10.8. The third kappa shape index (κ3) is 3.96. The van der Waals surface area contributed by atoms with Crippen LogP contribution in [-0.4, -0.2) is 23.8 Å². The van der Waals surface area contributed by atoms with Gasteiger partial charge in [-0.05, 0) is 24.3 Å². The Kier molecular flexibility index (Phi) is 4.95. The SMILES string of the molecule is COc1cc(F)ccc1NC(=O)CSc1ccncc1. The number of methoxy groups -OCH3 is 1. The molecule has 2 rings (SSSR count). The van der Waals surface area contributed by atoms with Crippen molar-refractivity contribution in [3.63, 3.8) is 0 Å². The van der Waals surface area contributed by atoms with Crippen LogP contribution in [0.1, 0.15) is 0 Å². The molecule has 20 heavy (non-hydrogen) atoms. The highest BCUT2D eigenvalue weighted by molar-refractivity contribution is 8.00. The molecule has 6 heteroatoms. The van der Waals surface area contributed by atoms with Crippen molar-refractivity contribution < 1.29 is 13.9 Å². The Bertz CT molecular complexity index is 593. The van der Waals surface area contributed by atoms with Gasteiger partial charge in [0.05, 0.1) is 18.6 Å². The maximum atomic E-state index is 13.0. The van der Waals surface area contributed by atoms with Crippen molar-refractivity contribution in [1.82, 2.24) is 4.98 Å². The summed E-state index contributed by atoms with van der Waals surface area (Å²) >= 11 is 1.40. The van der Waals surface area contributed by atoms with Gasteiger partial charge >= 0.3 is 0 Å². The minimum absolute atomic E-state index is 0.184. The number of aromatic nitrogens is 1. The highest BCUT2D eigenvalue weighted by atomic mass is 32.2. The molecule has 0 aliphatic heterocycles. The molecule has 2 aromatic rings. The fraction of sp³-hybridized carbons (Fsp3) is 0.143. The number of nitrogens with one attached hydrogen (secondary N) is 1. The molecular weight excluding hydrogens is 279 g/mol. The molecule has 0 saturated carbocycles. The molecule has 1 heterocycles. The zero-order chi connectivity index (χ0) is 14.4. The summed E-state index contributed by atoms with van der Waals surface area (Å²) in [5.74, 6) is -0.0418. The predicted molar refractivity (Wildman–Crippen MR) is 76.5 cm³/mol. The Morgan fingerprint density at radius 1 is 1.35 bits per heavy atom. The van der Waals surface area contributed by atoms with Crippen molar-refractivity contribution in [3.8, 4) is 5.75 Å². The lowest BCUT2D eigenvalue weighted by Crippen LogP contribution is -2.14. The van der Waals surface area contributed by atoms with Gasteiger partial charge in [-0.25, -0.2) is 4.39 Å². The van der Waals surface area contributed by atoms with Crippen LogP contribution < -0.4 is 10.1 Å². The Hall–Kier alpha value is -2.08. The number of anilines is 1. The van der Waals surface area contributed by atoms with Gasteiger partial charge in [-0.3, -0.25) is 9.78 Å². The van der Waals surface area contributed by atoms with Crippen molar-refractivity contribution in [2.45, 2.75) is 4.90 Å². The molecule has 1 aromatic heterocycles. The van der Waals surface area contributed by atoms with Crippen LogP contribution in [0, 0.1) is 5.82 Å². The molecule has 0 aliphatic carbocycles. The van der Waals surface area contributed by atoms with Gasteiger partial charge in [0, 0.05) is 23.4 Å². The van der Waals surface area contributed by atoms with Gasteiger partial charge in [-0.15, -0.1) is 11.8 Å². The van der Waals surface area contributed by atoms with Gasteiger partial charge in [0.1, 0.15) is 11.6 Å². The summed E-state index contributed by atoms with van der Waals surface area (Å²) < 4.78 is 18.1. The minimum Gasteiger partial charge on any atom is -0.494 e. The first kappa shape index (κ1) is 14.3. The third-order valence-corrected chi connectivity index (χ3v) is 3.47. The average Bonchev–Trinajstić information content (AvgIpc) is 2.48. The first-order valence-electron chi connectivity index (χ1n) is 5.85. The molecular formula is C14H13FN2O2S. The zero-order valence-corrected chi connectivity index (χ0v) is 11.6. The number of pyridine rings is 1. The van der Waals surface area contributed by atoms with Crippen molar-refractivity contribution >= 4 is 23.4 Å². The van der Waals surface area contributed by atoms with Gasteiger partial charge in [-0.2, -0.15) is 0 Å². The molecule has 0 atom stereocenters. The number of benzene rings is 1. The van der Waals surface area contributed by atoms with Crippen LogP contribution in [0.2, 0.25) is 0 Å². The molecule has 0 aliphatic rings. The normalized spacial score (nSPS) is 10.1. The highest BCUT2D eigenvalue weighted by Crippen LogP contribution is 2.25. The second-order valence-electron chi connectivity index (χ2n) is 3.86. The lowest BCUT2D eigenvalue weighted by molar-refractivity contribution is -0.113. The first-order valence-corrected chi connectivity index (χ1v) is 6.84. The monoisotopic (exact) mass is 292 g/mol. The number of thioether (sulfide) groups is 1.